The number of nitrogen functional groups attached to an aromatic ring is 1. The highest BCUT2D eigenvalue weighted by Crippen LogP contribution is 2.29. The van der Waals surface area contributed by atoms with Crippen molar-refractivity contribution in [2.75, 3.05) is 5.73 Å². The molecule has 1 heterocycles. The van der Waals surface area contributed by atoms with Crippen LogP contribution in [-0.4, -0.2) is 9.55 Å². The number of imidazole rings is 1. The van der Waals surface area contributed by atoms with E-state index in [1.807, 2.05) is 43.7 Å². The Kier molecular flexibility index (Phi) is 2.64. The SMILES string of the molecule is Cc1cc(Cl)ccc1-c1nc(C)n(C)c1N. The van der Waals surface area contributed by atoms with Gasteiger partial charge < -0.3 is 10.3 Å². The first-order chi connectivity index (χ1) is 7.50. The predicted octanol–water partition coefficient (Wildman–Crippen LogP) is 2.94. The summed E-state index contributed by atoms with van der Waals surface area (Å²) in [4.78, 5) is 4.47. The Morgan fingerprint density at radius 1 is 1.31 bits per heavy atom. The van der Waals surface area contributed by atoms with E-state index in [1.54, 1.807) is 0 Å². The number of aryl methyl sites for hydroxylation is 2. The number of rotatable bonds is 1. The van der Waals surface area contributed by atoms with Crippen LogP contribution in [-0.2, 0) is 7.05 Å². The molecule has 0 atom stereocenters. The number of hydrogen-bond acceptors (Lipinski definition) is 2. The van der Waals surface area contributed by atoms with Gasteiger partial charge in [-0.3, -0.25) is 0 Å². The maximum Gasteiger partial charge on any atom is 0.131 e. The number of anilines is 1. The number of nitrogens with two attached hydrogens (primary N) is 1. The Labute approximate surface area is 99.9 Å². The molecule has 16 heavy (non-hydrogen) atoms. The fourth-order valence-electron chi connectivity index (χ4n) is 1.72. The summed E-state index contributed by atoms with van der Waals surface area (Å²) in [5, 5.41) is 0.729. The molecule has 0 radical (unpaired) electrons. The summed E-state index contributed by atoms with van der Waals surface area (Å²) in [5.41, 5.74) is 8.95. The van der Waals surface area contributed by atoms with Gasteiger partial charge in [0.2, 0.25) is 0 Å². The van der Waals surface area contributed by atoms with E-state index in [1.165, 1.54) is 0 Å². The molecule has 0 spiro atoms. The molecular formula is C12H14ClN3. The lowest BCUT2D eigenvalue weighted by atomic mass is 10.1. The number of benzene rings is 1. The van der Waals surface area contributed by atoms with Gasteiger partial charge in [0.25, 0.3) is 0 Å². The van der Waals surface area contributed by atoms with Gasteiger partial charge in [-0.2, -0.15) is 0 Å². The zero-order valence-electron chi connectivity index (χ0n) is 9.58. The van der Waals surface area contributed by atoms with Gasteiger partial charge in [0, 0.05) is 17.6 Å². The zero-order valence-corrected chi connectivity index (χ0v) is 10.3. The number of halogens is 1. The minimum absolute atomic E-state index is 0.683. The van der Waals surface area contributed by atoms with Crippen molar-refractivity contribution in [1.82, 2.24) is 9.55 Å². The highest BCUT2D eigenvalue weighted by molar-refractivity contribution is 6.30. The molecule has 1 aromatic carbocycles. The third-order valence-electron chi connectivity index (χ3n) is 2.81. The molecule has 4 heteroatoms. The molecule has 0 fully saturated rings. The van der Waals surface area contributed by atoms with Gasteiger partial charge in [0.1, 0.15) is 17.3 Å². The number of aromatic nitrogens is 2. The Morgan fingerprint density at radius 3 is 2.50 bits per heavy atom. The topological polar surface area (TPSA) is 43.8 Å². The van der Waals surface area contributed by atoms with E-state index in [0.717, 1.165) is 27.7 Å². The zero-order chi connectivity index (χ0) is 11.9. The highest BCUT2D eigenvalue weighted by Gasteiger charge is 2.12. The summed E-state index contributed by atoms with van der Waals surface area (Å²) in [6.45, 7) is 3.94. The summed E-state index contributed by atoms with van der Waals surface area (Å²) < 4.78 is 1.88. The van der Waals surface area contributed by atoms with E-state index in [9.17, 15) is 0 Å². The average molecular weight is 236 g/mol. The van der Waals surface area contributed by atoms with Crippen LogP contribution in [0.3, 0.4) is 0 Å². The molecular weight excluding hydrogens is 222 g/mol. The second kappa shape index (κ2) is 3.83. The summed E-state index contributed by atoms with van der Waals surface area (Å²) >= 11 is 5.92. The molecule has 84 valence electrons. The van der Waals surface area contributed by atoms with Crippen LogP contribution in [0.15, 0.2) is 18.2 Å². The van der Waals surface area contributed by atoms with Crippen molar-refractivity contribution in [2.24, 2.45) is 7.05 Å². The van der Waals surface area contributed by atoms with Crippen LogP contribution < -0.4 is 5.73 Å². The molecule has 0 saturated carbocycles. The molecule has 0 bridgehead atoms. The Morgan fingerprint density at radius 2 is 2.00 bits per heavy atom. The second-order valence-electron chi connectivity index (χ2n) is 3.91. The lowest BCUT2D eigenvalue weighted by Crippen LogP contribution is -1.98. The summed E-state index contributed by atoms with van der Waals surface area (Å²) in [5.74, 6) is 1.59. The number of hydrogen-bond donors (Lipinski definition) is 1. The Balaban J connectivity index is 2.63. The molecule has 2 aromatic rings. The Bertz CT molecular complexity index is 543. The molecule has 2 rings (SSSR count). The van der Waals surface area contributed by atoms with Gasteiger partial charge in [-0.25, -0.2) is 4.98 Å². The standard InChI is InChI=1S/C12H14ClN3/c1-7-6-9(13)4-5-10(7)11-12(14)16(3)8(2)15-11/h4-6H,14H2,1-3H3. The average Bonchev–Trinajstić information content (AvgIpc) is 2.46. The lowest BCUT2D eigenvalue weighted by molar-refractivity contribution is 0.868. The molecule has 0 saturated heterocycles. The van der Waals surface area contributed by atoms with Crippen LogP contribution in [0, 0.1) is 13.8 Å². The lowest BCUT2D eigenvalue weighted by Gasteiger charge is -2.04. The van der Waals surface area contributed by atoms with Crippen LogP contribution >= 0.6 is 11.6 Å². The predicted molar refractivity (Wildman–Crippen MR) is 67.5 cm³/mol. The first-order valence-electron chi connectivity index (χ1n) is 5.06. The van der Waals surface area contributed by atoms with Crippen molar-refractivity contribution in [2.45, 2.75) is 13.8 Å². The maximum absolute atomic E-state index is 6.01. The molecule has 3 nitrogen and oxygen atoms in total. The van der Waals surface area contributed by atoms with Crippen LogP contribution in [0.5, 0.6) is 0 Å². The fraction of sp³-hybridized carbons (Fsp3) is 0.250. The minimum Gasteiger partial charge on any atom is -0.383 e. The van der Waals surface area contributed by atoms with Crippen molar-refractivity contribution >= 4 is 17.4 Å². The first kappa shape index (κ1) is 11.0. The van der Waals surface area contributed by atoms with Crippen molar-refractivity contribution < 1.29 is 0 Å². The van der Waals surface area contributed by atoms with E-state index < -0.39 is 0 Å². The van der Waals surface area contributed by atoms with Gasteiger partial charge >= 0.3 is 0 Å². The van der Waals surface area contributed by atoms with E-state index in [4.69, 9.17) is 17.3 Å². The monoisotopic (exact) mass is 235 g/mol. The van der Waals surface area contributed by atoms with Crippen molar-refractivity contribution in [3.8, 4) is 11.3 Å². The van der Waals surface area contributed by atoms with Crippen LogP contribution in [0.25, 0.3) is 11.3 Å². The van der Waals surface area contributed by atoms with E-state index >= 15 is 0 Å². The maximum atomic E-state index is 6.01. The molecule has 1 aromatic heterocycles. The largest absolute Gasteiger partial charge is 0.383 e. The van der Waals surface area contributed by atoms with E-state index in [0.29, 0.717) is 5.82 Å². The minimum atomic E-state index is 0.683. The molecule has 0 aliphatic carbocycles. The first-order valence-corrected chi connectivity index (χ1v) is 5.44. The molecule has 0 amide bonds. The highest BCUT2D eigenvalue weighted by atomic mass is 35.5. The van der Waals surface area contributed by atoms with Crippen molar-refractivity contribution in [3.63, 3.8) is 0 Å². The fourth-order valence-corrected chi connectivity index (χ4v) is 1.94. The molecule has 2 N–H and O–H groups in total. The number of nitrogens with zero attached hydrogens (tertiary/aromatic N) is 2. The summed E-state index contributed by atoms with van der Waals surface area (Å²) in [6.07, 6.45) is 0. The van der Waals surface area contributed by atoms with Gasteiger partial charge in [0.15, 0.2) is 0 Å². The normalized spacial score (nSPS) is 10.8. The second-order valence-corrected chi connectivity index (χ2v) is 4.35. The van der Waals surface area contributed by atoms with Gasteiger partial charge in [0.05, 0.1) is 0 Å². The van der Waals surface area contributed by atoms with Crippen molar-refractivity contribution in [1.29, 1.82) is 0 Å². The van der Waals surface area contributed by atoms with Gasteiger partial charge in [-0.05, 0) is 31.5 Å². The summed E-state index contributed by atoms with van der Waals surface area (Å²) in [7, 11) is 1.91. The van der Waals surface area contributed by atoms with Crippen LogP contribution in [0.2, 0.25) is 5.02 Å². The molecule has 0 aliphatic heterocycles. The third-order valence-corrected chi connectivity index (χ3v) is 3.04. The quantitative estimate of drug-likeness (QED) is 0.826. The van der Waals surface area contributed by atoms with E-state index in [-0.39, 0.29) is 0 Å². The Hall–Kier alpha value is -1.48. The van der Waals surface area contributed by atoms with Crippen LogP contribution in [0.1, 0.15) is 11.4 Å². The third kappa shape index (κ3) is 1.67. The van der Waals surface area contributed by atoms with Crippen LogP contribution in [0.4, 0.5) is 5.82 Å². The molecule has 0 aliphatic rings. The smallest absolute Gasteiger partial charge is 0.131 e. The van der Waals surface area contributed by atoms with Gasteiger partial charge in [-0.15, -0.1) is 0 Å². The molecule has 0 unspecified atom stereocenters. The van der Waals surface area contributed by atoms with Crippen molar-refractivity contribution in [3.05, 3.63) is 34.6 Å². The summed E-state index contributed by atoms with van der Waals surface area (Å²) in [6, 6.07) is 5.73. The van der Waals surface area contributed by atoms with E-state index in [2.05, 4.69) is 4.98 Å². The van der Waals surface area contributed by atoms with Gasteiger partial charge in [-0.1, -0.05) is 17.7 Å².